The molecule has 1 aromatic carbocycles. The van der Waals surface area contributed by atoms with E-state index in [2.05, 4.69) is 15.3 Å². The van der Waals surface area contributed by atoms with Gasteiger partial charge in [-0.15, -0.1) is 11.3 Å². The van der Waals surface area contributed by atoms with Gasteiger partial charge in [-0.25, -0.2) is 9.97 Å². The summed E-state index contributed by atoms with van der Waals surface area (Å²) in [5, 5.41) is 5.28. The molecule has 0 aliphatic rings. The van der Waals surface area contributed by atoms with Gasteiger partial charge in [0.25, 0.3) is 5.91 Å². The third-order valence-corrected chi connectivity index (χ3v) is 4.10. The predicted molar refractivity (Wildman–Crippen MR) is 91.0 cm³/mol. The summed E-state index contributed by atoms with van der Waals surface area (Å²) in [4.78, 5) is 20.9. The van der Waals surface area contributed by atoms with Crippen molar-refractivity contribution >= 4 is 23.1 Å². The average molecular weight is 325 g/mol. The van der Waals surface area contributed by atoms with Crippen molar-refractivity contribution in [1.29, 1.82) is 0 Å². The van der Waals surface area contributed by atoms with E-state index in [1.165, 1.54) is 11.3 Å². The van der Waals surface area contributed by atoms with Crippen molar-refractivity contribution in [3.8, 4) is 16.3 Å². The summed E-state index contributed by atoms with van der Waals surface area (Å²) in [6, 6.07) is 13.0. The first kappa shape index (κ1) is 15.2. The van der Waals surface area contributed by atoms with Crippen LogP contribution >= 0.6 is 11.3 Å². The summed E-state index contributed by atoms with van der Waals surface area (Å²) in [6.07, 6.45) is 0. The van der Waals surface area contributed by atoms with Gasteiger partial charge in [0.15, 0.2) is 0 Å². The molecule has 2 heterocycles. The molecule has 0 saturated heterocycles. The van der Waals surface area contributed by atoms with Crippen molar-refractivity contribution in [3.63, 3.8) is 0 Å². The van der Waals surface area contributed by atoms with Crippen molar-refractivity contribution < 1.29 is 9.53 Å². The normalized spacial score (nSPS) is 10.3. The van der Waals surface area contributed by atoms with Gasteiger partial charge in [-0.05, 0) is 43.3 Å². The maximum Gasteiger partial charge on any atom is 0.276 e. The highest BCUT2D eigenvalue weighted by Gasteiger charge is 2.12. The number of methoxy groups -OCH3 is 1. The second-order valence-electron chi connectivity index (χ2n) is 4.88. The molecule has 0 aliphatic carbocycles. The maximum absolute atomic E-state index is 12.2. The van der Waals surface area contributed by atoms with Crippen LogP contribution in [0.4, 0.5) is 5.82 Å². The summed E-state index contributed by atoms with van der Waals surface area (Å²) in [5.74, 6) is 1.04. The zero-order valence-electron chi connectivity index (χ0n) is 12.7. The number of rotatable bonds is 4. The highest BCUT2D eigenvalue weighted by atomic mass is 32.1. The fraction of sp³-hybridized carbons (Fsp3) is 0.118. The van der Waals surface area contributed by atoms with Crippen LogP contribution in [0.15, 0.2) is 47.8 Å². The number of amides is 1. The van der Waals surface area contributed by atoms with E-state index in [-0.39, 0.29) is 5.91 Å². The Hall–Kier alpha value is -2.73. The summed E-state index contributed by atoms with van der Waals surface area (Å²) >= 11 is 1.42. The van der Waals surface area contributed by atoms with Crippen LogP contribution in [0.2, 0.25) is 0 Å². The molecule has 6 heteroatoms. The first-order valence-electron chi connectivity index (χ1n) is 7.00. The number of nitrogens with one attached hydrogen (secondary N) is 1. The van der Waals surface area contributed by atoms with E-state index in [4.69, 9.17) is 4.74 Å². The van der Waals surface area contributed by atoms with Crippen LogP contribution in [0, 0.1) is 6.92 Å². The SMILES string of the molecule is COc1ccc(-c2nc(C(=O)Nc3cccc(C)n3)cs2)cc1. The van der Waals surface area contributed by atoms with Gasteiger partial charge in [-0.3, -0.25) is 4.79 Å². The number of carbonyl (C=O) groups is 1. The molecule has 2 aromatic heterocycles. The lowest BCUT2D eigenvalue weighted by Gasteiger charge is -2.03. The van der Waals surface area contributed by atoms with Gasteiger partial charge in [-0.2, -0.15) is 0 Å². The molecule has 0 saturated carbocycles. The molecule has 0 radical (unpaired) electrons. The molecule has 5 nitrogen and oxygen atoms in total. The van der Waals surface area contributed by atoms with E-state index >= 15 is 0 Å². The number of hydrogen-bond donors (Lipinski definition) is 1. The molecule has 0 atom stereocenters. The molecular weight excluding hydrogens is 310 g/mol. The van der Waals surface area contributed by atoms with E-state index in [1.54, 1.807) is 18.6 Å². The molecule has 23 heavy (non-hydrogen) atoms. The predicted octanol–water partition coefficient (Wildman–Crippen LogP) is 3.77. The molecular formula is C17H15N3O2S. The van der Waals surface area contributed by atoms with Crippen molar-refractivity contribution in [2.24, 2.45) is 0 Å². The Morgan fingerprint density at radius 1 is 1.13 bits per heavy atom. The Labute approximate surface area is 138 Å². The Morgan fingerprint density at radius 2 is 1.91 bits per heavy atom. The van der Waals surface area contributed by atoms with Gasteiger partial charge in [-0.1, -0.05) is 6.07 Å². The molecule has 0 aliphatic heterocycles. The third-order valence-electron chi connectivity index (χ3n) is 3.20. The molecule has 116 valence electrons. The molecule has 3 aromatic rings. The van der Waals surface area contributed by atoms with Crippen LogP contribution in [0.3, 0.4) is 0 Å². The Morgan fingerprint density at radius 3 is 2.61 bits per heavy atom. The van der Waals surface area contributed by atoms with E-state index in [1.807, 2.05) is 43.3 Å². The monoisotopic (exact) mass is 325 g/mol. The highest BCUT2D eigenvalue weighted by Crippen LogP contribution is 2.26. The van der Waals surface area contributed by atoms with Crippen LogP contribution in [0.25, 0.3) is 10.6 Å². The summed E-state index contributed by atoms with van der Waals surface area (Å²) < 4.78 is 5.14. The minimum atomic E-state index is -0.265. The van der Waals surface area contributed by atoms with E-state index < -0.39 is 0 Å². The molecule has 1 amide bonds. The number of anilines is 1. The van der Waals surface area contributed by atoms with E-state index in [0.29, 0.717) is 11.5 Å². The smallest absolute Gasteiger partial charge is 0.276 e. The fourth-order valence-corrected chi connectivity index (χ4v) is 2.84. The van der Waals surface area contributed by atoms with Gasteiger partial charge in [0.1, 0.15) is 22.3 Å². The van der Waals surface area contributed by atoms with Gasteiger partial charge < -0.3 is 10.1 Å². The molecule has 0 bridgehead atoms. The Balaban J connectivity index is 1.76. The fourth-order valence-electron chi connectivity index (χ4n) is 2.04. The second-order valence-corrected chi connectivity index (χ2v) is 5.74. The Kier molecular flexibility index (Phi) is 4.34. The zero-order valence-corrected chi connectivity index (χ0v) is 13.6. The van der Waals surface area contributed by atoms with Gasteiger partial charge >= 0.3 is 0 Å². The lowest BCUT2D eigenvalue weighted by Crippen LogP contribution is -2.13. The highest BCUT2D eigenvalue weighted by molar-refractivity contribution is 7.13. The third kappa shape index (κ3) is 3.54. The van der Waals surface area contributed by atoms with Crippen molar-refractivity contribution in [1.82, 2.24) is 9.97 Å². The number of benzene rings is 1. The number of aryl methyl sites for hydroxylation is 1. The van der Waals surface area contributed by atoms with E-state index in [0.717, 1.165) is 22.0 Å². The molecule has 1 N–H and O–H groups in total. The lowest BCUT2D eigenvalue weighted by atomic mass is 10.2. The minimum absolute atomic E-state index is 0.265. The summed E-state index contributed by atoms with van der Waals surface area (Å²) in [5.41, 5.74) is 2.17. The van der Waals surface area contributed by atoms with E-state index in [9.17, 15) is 4.79 Å². The second kappa shape index (κ2) is 6.58. The minimum Gasteiger partial charge on any atom is -0.497 e. The van der Waals surface area contributed by atoms with Gasteiger partial charge in [0.05, 0.1) is 7.11 Å². The van der Waals surface area contributed by atoms with Gasteiger partial charge in [0.2, 0.25) is 0 Å². The van der Waals surface area contributed by atoms with Crippen molar-refractivity contribution in [2.45, 2.75) is 6.92 Å². The number of nitrogens with zero attached hydrogens (tertiary/aromatic N) is 2. The summed E-state index contributed by atoms with van der Waals surface area (Å²) in [6.45, 7) is 1.88. The van der Waals surface area contributed by atoms with Crippen LogP contribution in [0.5, 0.6) is 5.75 Å². The average Bonchev–Trinajstić information content (AvgIpc) is 3.05. The Bertz CT molecular complexity index is 828. The summed E-state index contributed by atoms with van der Waals surface area (Å²) in [7, 11) is 1.63. The zero-order chi connectivity index (χ0) is 16.2. The van der Waals surface area contributed by atoms with Crippen LogP contribution < -0.4 is 10.1 Å². The van der Waals surface area contributed by atoms with Crippen LogP contribution in [0.1, 0.15) is 16.2 Å². The van der Waals surface area contributed by atoms with Crippen LogP contribution in [-0.2, 0) is 0 Å². The number of hydrogen-bond acceptors (Lipinski definition) is 5. The van der Waals surface area contributed by atoms with Crippen LogP contribution in [-0.4, -0.2) is 23.0 Å². The molecule has 3 rings (SSSR count). The molecule has 0 spiro atoms. The standard InChI is InChI=1S/C17H15N3O2S/c1-11-4-3-5-15(18-11)20-16(21)14-10-23-17(19-14)12-6-8-13(22-2)9-7-12/h3-10H,1-2H3,(H,18,20,21). The number of aromatic nitrogens is 2. The first-order chi connectivity index (χ1) is 11.2. The number of ether oxygens (including phenoxy) is 1. The topological polar surface area (TPSA) is 64.1 Å². The largest absolute Gasteiger partial charge is 0.497 e. The van der Waals surface area contributed by atoms with Gasteiger partial charge in [0, 0.05) is 16.6 Å². The quantitative estimate of drug-likeness (QED) is 0.793. The molecule has 0 fully saturated rings. The number of thiazole rings is 1. The number of pyridine rings is 1. The lowest BCUT2D eigenvalue weighted by molar-refractivity contribution is 0.102. The van der Waals surface area contributed by atoms with Crippen molar-refractivity contribution in [2.75, 3.05) is 12.4 Å². The van der Waals surface area contributed by atoms with Crippen molar-refractivity contribution in [3.05, 3.63) is 59.2 Å². The number of carbonyl (C=O) groups excluding carboxylic acids is 1. The first-order valence-corrected chi connectivity index (χ1v) is 7.88. The maximum atomic E-state index is 12.2. The molecule has 0 unspecified atom stereocenters.